The Morgan fingerprint density at radius 3 is 2.46 bits per heavy atom. The van der Waals surface area contributed by atoms with Crippen LogP contribution in [0.4, 0.5) is 15.9 Å². The number of carbonyl (C=O) groups is 1. The number of amides is 1. The standard InChI is InChI=1S/C18H21FN4O/c19-14-9-5-6-10-15(14)23-18(24)16-11-21-17(12-20-16)22-13-7-3-1-2-4-8-13/h5-6,9-13H,1-4,7-8H2,(H,21,22)(H,23,24). The Kier molecular flexibility index (Phi) is 5.36. The van der Waals surface area contributed by atoms with Gasteiger partial charge in [-0.05, 0) is 25.0 Å². The summed E-state index contributed by atoms with van der Waals surface area (Å²) in [5.41, 5.74) is 0.287. The molecule has 0 radical (unpaired) electrons. The third-order valence-corrected chi connectivity index (χ3v) is 4.21. The summed E-state index contributed by atoms with van der Waals surface area (Å²) in [5.74, 6) is -0.289. The molecule has 0 spiro atoms. The lowest BCUT2D eigenvalue weighted by Gasteiger charge is -2.16. The van der Waals surface area contributed by atoms with Gasteiger partial charge in [-0.25, -0.2) is 14.4 Å². The van der Waals surface area contributed by atoms with Crippen molar-refractivity contribution in [3.63, 3.8) is 0 Å². The lowest BCUT2D eigenvalue weighted by molar-refractivity contribution is 0.102. The Balaban J connectivity index is 1.61. The minimum Gasteiger partial charge on any atom is -0.366 e. The first-order valence-corrected chi connectivity index (χ1v) is 8.37. The second kappa shape index (κ2) is 7.86. The van der Waals surface area contributed by atoms with Crippen LogP contribution in [0.15, 0.2) is 36.7 Å². The predicted octanol–water partition coefficient (Wildman–Crippen LogP) is 4.00. The highest BCUT2D eigenvalue weighted by molar-refractivity contribution is 6.02. The van der Waals surface area contributed by atoms with Gasteiger partial charge in [-0.1, -0.05) is 37.8 Å². The largest absolute Gasteiger partial charge is 0.366 e. The van der Waals surface area contributed by atoms with Crippen molar-refractivity contribution in [2.45, 2.75) is 44.6 Å². The van der Waals surface area contributed by atoms with Gasteiger partial charge in [0.25, 0.3) is 5.91 Å². The molecule has 1 aliphatic rings. The maximum atomic E-state index is 13.6. The molecule has 0 atom stereocenters. The number of hydrogen-bond donors (Lipinski definition) is 2. The van der Waals surface area contributed by atoms with Gasteiger partial charge < -0.3 is 10.6 Å². The number of carbonyl (C=O) groups excluding carboxylic acids is 1. The van der Waals surface area contributed by atoms with E-state index in [2.05, 4.69) is 20.6 Å². The van der Waals surface area contributed by atoms with E-state index in [-0.39, 0.29) is 11.4 Å². The van der Waals surface area contributed by atoms with E-state index in [1.165, 1.54) is 44.0 Å². The molecule has 1 aromatic carbocycles. The number of rotatable bonds is 4. The monoisotopic (exact) mass is 328 g/mol. The van der Waals surface area contributed by atoms with Crippen LogP contribution in [0.1, 0.15) is 49.0 Å². The van der Waals surface area contributed by atoms with Crippen LogP contribution in [0.3, 0.4) is 0 Å². The highest BCUT2D eigenvalue weighted by Gasteiger charge is 2.14. The molecule has 3 rings (SSSR count). The second-order valence-electron chi connectivity index (χ2n) is 6.05. The van der Waals surface area contributed by atoms with Gasteiger partial charge in [-0.2, -0.15) is 0 Å². The van der Waals surface area contributed by atoms with Crippen molar-refractivity contribution in [3.05, 3.63) is 48.2 Å². The first kappa shape index (κ1) is 16.4. The van der Waals surface area contributed by atoms with Crippen LogP contribution in [0, 0.1) is 5.82 Å². The Morgan fingerprint density at radius 2 is 1.79 bits per heavy atom. The highest BCUT2D eigenvalue weighted by atomic mass is 19.1. The number of nitrogens with one attached hydrogen (secondary N) is 2. The number of benzene rings is 1. The van der Waals surface area contributed by atoms with Gasteiger partial charge in [0.2, 0.25) is 0 Å². The maximum Gasteiger partial charge on any atom is 0.275 e. The van der Waals surface area contributed by atoms with Crippen molar-refractivity contribution in [2.24, 2.45) is 0 Å². The number of halogens is 1. The summed E-state index contributed by atoms with van der Waals surface area (Å²) in [6.45, 7) is 0. The van der Waals surface area contributed by atoms with Crippen molar-refractivity contribution >= 4 is 17.4 Å². The van der Waals surface area contributed by atoms with Crippen LogP contribution >= 0.6 is 0 Å². The third kappa shape index (κ3) is 4.28. The van der Waals surface area contributed by atoms with Gasteiger partial charge in [-0.15, -0.1) is 0 Å². The molecule has 1 amide bonds. The summed E-state index contributed by atoms with van der Waals surface area (Å²) in [4.78, 5) is 20.5. The fourth-order valence-corrected chi connectivity index (χ4v) is 2.90. The van der Waals surface area contributed by atoms with Crippen LogP contribution in [0.25, 0.3) is 0 Å². The zero-order valence-corrected chi connectivity index (χ0v) is 13.5. The van der Waals surface area contributed by atoms with E-state index in [4.69, 9.17) is 0 Å². The van der Waals surface area contributed by atoms with Crippen molar-refractivity contribution in [1.29, 1.82) is 0 Å². The summed E-state index contributed by atoms with van der Waals surface area (Å²) >= 11 is 0. The summed E-state index contributed by atoms with van der Waals surface area (Å²) < 4.78 is 13.6. The molecule has 1 fully saturated rings. The predicted molar refractivity (Wildman–Crippen MR) is 91.5 cm³/mol. The molecular formula is C18H21FN4O. The summed E-state index contributed by atoms with van der Waals surface area (Å²) in [7, 11) is 0. The topological polar surface area (TPSA) is 66.9 Å². The fourth-order valence-electron chi connectivity index (χ4n) is 2.90. The molecular weight excluding hydrogens is 307 g/mol. The number of para-hydroxylation sites is 1. The second-order valence-corrected chi connectivity index (χ2v) is 6.05. The van der Waals surface area contributed by atoms with Crippen LogP contribution < -0.4 is 10.6 Å². The molecule has 0 bridgehead atoms. The van der Waals surface area contributed by atoms with Crippen LogP contribution in [-0.4, -0.2) is 21.9 Å². The molecule has 1 aliphatic carbocycles. The Morgan fingerprint density at radius 1 is 1.04 bits per heavy atom. The van der Waals surface area contributed by atoms with Gasteiger partial charge in [0.1, 0.15) is 17.3 Å². The van der Waals surface area contributed by atoms with Gasteiger partial charge in [0.05, 0.1) is 18.1 Å². The van der Waals surface area contributed by atoms with Gasteiger partial charge in [-0.3, -0.25) is 4.79 Å². The molecule has 0 unspecified atom stereocenters. The Labute approximate surface area is 140 Å². The van der Waals surface area contributed by atoms with E-state index < -0.39 is 11.7 Å². The molecule has 0 aliphatic heterocycles. The summed E-state index contributed by atoms with van der Waals surface area (Å²) in [6, 6.07) is 6.44. The lowest BCUT2D eigenvalue weighted by atomic mass is 10.1. The quantitative estimate of drug-likeness (QED) is 0.833. The van der Waals surface area contributed by atoms with Crippen molar-refractivity contribution in [3.8, 4) is 0 Å². The van der Waals surface area contributed by atoms with Crippen molar-refractivity contribution in [1.82, 2.24) is 9.97 Å². The van der Waals surface area contributed by atoms with Crippen molar-refractivity contribution < 1.29 is 9.18 Å². The molecule has 1 aromatic heterocycles. The molecule has 1 heterocycles. The van der Waals surface area contributed by atoms with E-state index in [0.29, 0.717) is 11.9 Å². The molecule has 1 saturated carbocycles. The van der Waals surface area contributed by atoms with Gasteiger partial charge in [0.15, 0.2) is 0 Å². The molecule has 6 heteroatoms. The molecule has 24 heavy (non-hydrogen) atoms. The van der Waals surface area contributed by atoms with Crippen LogP contribution in [0.5, 0.6) is 0 Å². The summed E-state index contributed by atoms with van der Waals surface area (Å²) in [6.07, 6.45) is 10.3. The Bertz CT molecular complexity index is 682. The van der Waals surface area contributed by atoms with E-state index in [1.54, 1.807) is 18.3 Å². The first-order valence-electron chi connectivity index (χ1n) is 8.37. The minimum atomic E-state index is -0.481. The SMILES string of the molecule is O=C(Nc1ccccc1F)c1cnc(NC2CCCCCC2)cn1. The fraction of sp³-hybridized carbons (Fsp3) is 0.389. The molecule has 5 nitrogen and oxygen atoms in total. The highest BCUT2D eigenvalue weighted by Crippen LogP contribution is 2.20. The number of hydrogen-bond acceptors (Lipinski definition) is 4. The van der Waals surface area contributed by atoms with Crippen LogP contribution in [0.2, 0.25) is 0 Å². The van der Waals surface area contributed by atoms with E-state index in [0.717, 1.165) is 12.8 Å². The molecule has 2 N–H and O–H groups in total. The molecule has 2 aromatic rings. The summed E-state index contributed by atoms with van der Waals surface area (Å²) in [5, 5.41) is 5.88. The van der Waals surface area contributed by atoms with E-state index >= 15 is 0 Å². The van der Waals surface area contributed by atoms with Crippen molar-refractivity contribution in [2.75, 3.05) is 10.6 Å². The third-order valence-electron chi connectivity index (χ3n) is 4.21. The van der Waals surface area contributed by atoms with E-state index in [9.17, 15) is 9.18 Å². The number of nitrogens with zero attached hydrogens (tertiary/aromatic N) is 2. The zero-order chi connectivity index (χ0) is 16.8. The van der Waals surface area contributed by atoms with E-state index in [1.807, 2.05) is 0 Å². The Hall–Kier alpha value is -2.50. The lowest BCUT2D eigenvalue weighted by Crippen LogP contribution is -2.20. The average Bonchev–Trinajstić information content (AvgIpc) is 2.86. The smallest absolute Gasteiger partial charge is 0.275 e. The number of anilines is 2. The van der Waals surface area contributed by atoms with Gasteiger partial charge in [0, 0.05) is 6.04 Å². The van der Waals surface area contributed by atoms with Gasteiger partial charge >= 0.3 is 0 Å². The minimum absolute atomic E-state index is 0.130. The zero-order valence-electron chi connectivity index (χ0n) is 13.5. The molecule has 0 saturated heterocycles. The first-order chi connectivity index (χ1) is 11.7. The normalized spacial score (nSPS) is 15.5. The van der Waals surface area contributed by atoms with Crippen LogP contribution in [-0.2, 0) is 0 Å². The molecule has 126 valence electrons. The maximum absolute atomic E-state index is 13.6. The average molecular weight is 328 g/mol. The number of aromatic nitrogens is 2.